The maximum Gasteiger partial charge on any atom is 0.410 e. The maximum absolute atomic E-state index is 13.2. The number of carbonyl (C=O) groups is 1. The largest absolute Gasteiger partial charge is 0.748 e. The monoisotopic (exact) mass is 905 g/mol. The van der Waals surface area contributed by atoms with Gasteiger partial charge in [-0.05, 0) is 97.5 Å². The lowest BCUT2D eigenvalue weighted by Crippen LogP contribution is -2.68. The second-order valence-corrected chi connectivity index (χ2v) is 21.8. The Balaban J connectivity index is 1.17. The lowest BCUT2D eigenvalue weighted by Gasteiger charge is -2.49. The first-order chi connectivity index (χ1) is 30.4. The van der Waals surface area contributed by atoms with Gasteiger partial charge in [-0.3, -0.25) is 9.45 Å². The molecule has 2 saturated heterocycles. The van der Waals surface area contributed by atoms with Gasteiger partial charge in [0.2, 0.25) is 11.1 Å². The quantitative estimate of drug-likeness (QED) is 0.105. The van der Waals surface area contributed by atoms with Crippen molar-refractivity contribution in [2.24, 2.45) is 0 Å². The average molecular weight is 906 g/mol. The van der Waals surface area contributed by atoms with Crippen molar-refractivity contribution >= 4 is 65.0 Å². The zero-order valence-electron chi connectivity index (χ0n) is 37.2. The number of anilines is 1. The van der Waals surface area contributed by atoms with Crippen LogP contribution in [-0.4, -0.2) is 104 Å². The van der Waals surface area contributed by atoms with E-state index in [9.17, 15) is 30.7 Å². The van der Waals surface area contributed by atoms with Crippen LogP contribution < -0.4 is 9.38 Å². The van der Waals surface area contributed by atoms with Crippen molar-refractivity contribution in [2.45, 2.75) is 76.5 Å². The number of rotatable bonds is 8. The van der Waals surface area contributed by atoms with Crippen molar-refractivity contribution in [3.63, 3.8) is 0 Å². The third-order valence-corrected chi connectivity index (χ3v) is 16.5. The first kappa shape index (κ1) is 44.1. The van der Waals surface area contributed by atoms with Crippen LogP contribution in [0, 0.1) is 0 Å². The Kier molecular flexibility index (Phi) is 11.1. The van der Waals surface area contributed by atoms with Crippen LogP contribution in [0.5, 0.6) is 0 Å². The molecule has 0 aromatic heterocycles. The number of ether oxygens (including phenoxy) is 1. The first-order valence-corrected chi connectivity index (χ1v) is 25.4. The highest BCUT2D eigenvalue weighted by molar-refractivity contribution is 7.86. The van der Waals surface area contributed by atoms with Crippen LogP contribution in [0.25, 0.3) is 21.5 Å². The summed E-state index contributed by atoms with van der Waals surface area (Å²) >= 11 is 0. The molecule has 0 bridgehead atoms. The number of quaternary nitrogens is 1. The fraction of sp³-hybridized carbons (Fsp3) is 0.400. The standard InChI is InChI=1S/C50H56N4O8S2/c1-6-62-48(55)52-30-28-51(29-31-52)47-36(20-24-42-49(2,3)45-38-14-9-7-12-34(38)18-22-40(45)53(42)27-11-33-63(56,57)58)16-17-37(47)21-25-43-50(4,5)46-39-15-10-8-13-35(39)19-23-41(46)54(43)32-26-44(54)64(59,60)61/h7-10,12-15,18-25,44H,6,11,16-17,26-33H2,1-5H3/p+1/b37-21+,43-25?. The summed E-state index contributed by atoms with van der Waals surface area (Å²) in [7, 11) is -8.81. The summed E-state index contributed by atoms with van der Waals surface area (Å²) in [6.45, 7) is 13.8. The van der Waals surface area contributed by atoms with Crippen LogP contribution in [0.4, 0.5) is 16.2 Å². The number of piperazine rings is 1. The second-order valence-electron chi connectivity index (χ2n) is 18.7. The first-order valence-electron chi connectivity index (χ1n) is 22.4. The minimum absolute atomic E-state index is 0.0614. The van der Waals surface area contributed by atoms with Gasteiger partial charge in [0.1, 0.15) is 11.4 Å². The predicted octanol–water partition coefficient (Wildman–Crippen LogP) is 8.28. The van der Waals surface area contributed by atoms with E-state index in [1.165, 1.54) is 0 Å². The van der Waals surface area contributed by atoms with E-state index in [2.05, 4.69) is 104 Å². The van der Waals surface area contributed by atoms with E-state index in [1.54, 1.807) is 11.8 Å². The van der Waals surface area contributed by atoms with Crippen molar-refractivity contribution in [3.05, 3.63) is 131 Å². The number of fused-ring (bicyclic) bond motifs is 7. The molecule has 0 radical (unpaired) electrons. The molecule has 1 aliphatic carbocycles. The third kappa shape index (κ3) is 7.31. The number of carbonyl (C=O) groups excluding carboxylic acids is 1. The Labute approximate surface area is 376 Å². The minimum atomic E-state index is -4.41. The maximum atomic E-state index is 13.2. The molecule has 4 aromatic rings. The highest BCUT2D eigenvalue weighted by Crippen LogP contribution is 2.60. The number of hydrogen-bond acceptors (Lipinski definition) is 8. The smallest absolute Gasteiger partial charge is 0.410 e. The Morgan fingerprint density at radius 2 is 1.45 bits per heavy atom. The topological polar surface area (TPSA) is 147 Å². The fourth-order valence-electron chi connectivity index (χ4n) is 11.6. The molecule has 1 saturated carbocycles. The number of nitrogens with zero attached hydrogens (tertiary/aromatic N) is 4. The van der Waals surface area contributed by atoms with E-state index in [0.717, 1.165) is 85.1 Å². The Bertz CT molecular complexity index is 2990. The van der Waals surface area contributed by atoms with Gasteiger partial charge in [-0.2, -0.15) is 8.42 Å². The number of allylic oxidation sites excluding steroid dienone is 8. The molecule has 336 valence electrons. The van der Waals surface area contributed by atoms with Gasteiger partial charge in [0.15, 0.2) is 13.1 Å². The van der Waals surface area contributed by atoms with Gasteiger partial charge in [0.05, 0.1) is 48.2 Å². The molecule has 5 aliphatic rings. The van der Waals surface area contributed by atoms with E-state index < -0.39 is 42.2 Å². The van der Waals surface area contributed by atoms with Gasteiger partial charge in [-0.25, -0.2) is 22.3 Å². The predicted molar refractivity (Wildman–Crippen MR) is 252 cm³/mol. The van der Waals surface area contributed by atoms with E-state index in [0.29, 0.717) is 52.3 Å². The summed E-state index contributed by atoms with van der Waals surface area (Å²) < 4.78 is 80.1. The second kappa shape index (κ2) is 16.1. The van der Waals surface area contributed by atoms with Crippen molar-refractivity contribution in [2.75, 3.05) is 56.5 Å². The number of hydrogen-bond donors (Lipinski definition) is 1. The molecule has 12 nitrogen and oxygen atoms in total. The molecule has 1 amide bonds. The molecule has 14 heteroatoms. The zero-order chi connectivity index (χ0) is 45.4. The van der Waals surface area contributed by atoms with Gasteiger partial charge in [-0.15, -0.1) is 0 Å². The Morgan fingerprint density at radius 1 is 0.844 bits per heavy atom. The minimum Gasteiger partial charge on any atom is -0.748 e. The molecule has 64 heavy (non-hydrogen) atoms. The van der Waals surface area contributed by atoms with Crippen LogP contribution in [0.3, 0.4) is 0 Å². The summed E-state index contributed by atoms with van der Waals surface area (Å²) in [5.41, 5.74) is 8.28. The molecule has 4 heterocycles. The molecule has 1 spiro atoms. The molecule has 2 atom stereocenters. The lowest BCUT2D eigenvalue weighted by atomic mass is 9.80. The van der Waals surface area contributed by atoms with E-state index in [4.69, 9.17) is 4.74 Å². The molecule has 4 aromatic carbocycles. The Hall–Kier alpha value is -5.12. The van der Waals surface area contributed by atoms with Crippen molar-refractivity contribution in [1.82, 2.24) is 9.38 Å². The molecule has 4 aliphatic heterocycles. The molecule has 2 unspecified atom stereocenters. The molecular weight excluding hydrogens is 849 g/mol. The van der Waals surface area contributed by atoms with Crippen LogP contribution >= 0.6 is 0 Å². The van der Waals surface area contributed by atoms with Gasteiger partial charge in [0.25, 0.3) is 0 Å². The van der Waals surface area contributed by atoms with Crippen molar-refractivity contribution in [1.29, 1.82) is 0 Å². The van der Waals surface area contributed by atoms with Crippen molar-refractivity contribution < 1.29 is 40.0 Å². The summed E-state index contributed by atoms with van der Waals surface area (Å²) in [6.07, 6.45) is 10.3. The van der Waals surface area contributed by atoms with Crippen LogP contribution in [0.1, 0.15) is 71.4 Å². The van der Waals surface area contributed by atoms with Gasteiger partial charge < -0.3 is 14.2 Å². The number of amides is 1. The number of benzene rings is 4. The third-order valence-electron chi connectivity index (χ3n) is 14.4. The van der Waals surface area contributed by atoms with Gasteiger partial charge in [-0.1, -0.05) is 74.5 Å². The molecule has 9 rings (SSSR count). The van der Waals surface area contributed by atoms with E-state index >= 15 is 0 Å². The fourth-order valence-corrected chi connectivity index (χ4v) is 13.2. The molecule has 1 N–H and O–H groups in total. The van der Waals surface area contributed by atoms with E-state index in [-0.39, 0.29) is 17.0 Å². The summed E-state index contributed by atoms with van der Waals surface area (Å²) in [5.74, 6) is -0.455. The zero-order valence-corrected chi connectivity index (χ0v) is 38.8. The SMILES string of the molecule is CCOC(=O)N1CC[N+](=C2/C(=C/C=C3N(CCCS(=O)(=O)[O-])c4ccc5ccccc5c4C3(C)C)CC/C2=C\C=C2C(C)(C)c3c(ccc4ccccc34)[N+]23CCC3S(=O)(=O)O)CC1. The van der Waals surface area contributed by atoms with E-state index in [1.807, 2.05) is 30.3 Å². The lowest BCUT2D eigenvalue weighted by molar-refractivity contribution is -0.537. The van der Waals surface area contributed by atoms with Crippen LogP contribution in [0.15, 0.2) is 120 Å². The molecular formula is C50H57N4O8S2+. The van der Waals surface area contributed by atoms with Gasteiger partial charge >= 0.3 is 16.2 Å². The van der Waals surface area contributed by atoms with Gasteiger partial charge in [0, 0.05) is 51.9 Å². The van der Waals surface area contributed by atoms with Crippen LogP contribution in [0.2, 0.25) is 0 Å². The summed E-state index contributed by atoms with van der Waals surface area (Å²) in [6, 6.07) is 24.7. The summed E-state index contributed by atoms with van der Waals surface area (Å²) in [5, 5.41) is 3.36. The highest BCUT2D eigenvalue weighted by atomic mass is 32.2. The van der Waals surface area contributed by atoms with Crippen LogP contribution in [-0.2, 0) is 35.8 Å². The average Bonchev–Trinajstić information content (AvgIpc) is 3.81. The molecule has 3 fully saturated rings. The van der Waals surface area contributed by atoms with Crippen molar-refractivity contribution in [3.8, 4) is 0 Å². The highest BCUT2D eigenvalue weighted by Gasteiger charge is 2.66. The summed E-state index contributed by atoms with van der Waals surface area (Å²) in [4.78, 5) is 16.7. The normalized spacial score (nSPS) is 25.3. The Morgan fingerprint density at radius 3 is 2.05 bits per heavy atom.